The van der Waals surface area contributed by atoms with Crippen molar-refractivity contribution < 1.29 is 0 Å². The van der Waals surface area contributed by atoms with Gasteiger partial charge in [-0.3, -0.25) is 0 Å². The number of aromatic nitrogens is 3. The third-order valence-corrected chi connectivity index (χ3v) is 12.0. The first-order valence-electron chi connectivity index (χ1n) is 20.0. The second-order valence-electron chi connectivity index (χ2n) is 15.8. The van der Waals surface area contributed by atoms with E-state index in [2.05, 4.69) is 194 Å². The lowest BCUT2D eigenvalue weighted by molar-refractivity contribution is 0.660. The standard InChI is InChI=1S/C55H39N3/c1-55(2)48-24-14-12-22-44(48)45-28-26-39(34-49(45)55)41-30-40(38-27-29-53-47(33-38)46-23-13-15-25-52(46)58(53)43-20-10-5-11-21-43)31-42(32-41)51-35-50(36-16-6-3-7-17-36)56-54(57-51)37-18-8-4-9-19-37/h3-35H,1-2H3. The highest BCUT2D eigenvalue weighted by atomic mass is 15.0. The van der Waals surface area contributed by atoms with Crippen LogP contribution < -0.4 is 0 Å². The molecule has 2 aromatic heterocycles. The lowest BCUT2D eigenvalue weighted by atomic mass is 9.81. The summed E-state index contributed by atoms with van der Waals surface area (Å²) in [7, 11) is 0. The molecule has 58 heavy (non-hydrogen) atoms. The molecular weight excluding hydrogens is 703 g/mol. The topological polar surface area (TPSA) is 30.7 Å². The molecular formula is C55H39N3. The van der Waals surface area contributed by atoms with Crippen LogP contribution >= 0.6 is 0 Å². The highest BCUT2D eigenvalue weighted by molar-refractivity contribution is 6.10. The van der Waals surface area contributed by atoms with Crippen LogP contribution in [0.25, 0.3) is 94.8 Å². The van der Waals surface area contributed by atoms with Crippen molar-refractivity contribution >= 4 is 21.8 Å². The summed E-state index contributed by atoms with van der Waals surface area (Å²) in [5, 5.41) is 2.46. The zero-order valence-corrected chi connectivity index (χ0v) is 32.4. The largest absolute Gasteiger partial charge is 0.309 e. The van der Waals surface area contributed by atoms with Crippen molar-refractivity contribution in [2.75, 3.05) is 0 Å². The van der Waals surface area contributed by atoms with Gasteiger partial charge in [0, 0.05) is 38.6 Å². The molecule has 0 amide bonds. The van der Waals surface area contributed by atoms with Crippen LogP contribution in [-0.4, -0.2) is 14.5 Å². The Hall–Kier alpha value is -7.36. The van der Waals surface area contributed by atoms with Crippen LogP contribution in [0, 0.1) is 0 Å². The third-order valence-electron chi connectivity index (χ3n) is 12.0. The fourth-order valence-corrected chi connectivity index (χ4v) is 9.07. The minimum Gasteiger partial charge on any atom is -0.309 e. The van der Waals surface area contributed by atoms with E-state index in [1.54, 1.807) is 0 Å². The molecule has 8 aromatic carbocycles. The molecule has 0 saturated carbocycles. The molecule has 3 heteroatoms. The Morgan fingerprint density at radius 2 is 0.914 bits per heavy atom. The number of benzene rings is 8. The molecule has 2 heterocycles. The van der Waals surface area contributed by atoms with Crippen molar-refractivity contribution in [1.82, 2.24) is 14.5 Å². The van der Waals surface area contributed by atoms with E-state index in [0.717, 1.165) is 50.5 Å². The molecule has 0 fully saturated rings. The van der Waals surface area contributed by atoms with Crippen LogP contribution in [-0.2, 0) is 5.41 Å². The van der Waals surface area contributed by atoms with Crippen LogP contribution in [0.1, 0.15) is 25.0 Å². The minimum atomic E-state index is -0.109. The summed E-state index contributed by atoms with van der Waals surface area (Å²) in [6, 6.07) is 72.0. The van der Waals surface area contributed by atoms with Gasteiger partial charge in [-0.05, 0) is 105 Å². The van der Waals surface area contributed by atoms with E-state index in [9.17, 15) is 0 Å². The molecule has 0 radical (unpaired) electrons. The molecule has 3 nitrogen and oxygen atoms in total. The molecule has 10 aromatic rings. The van der Waals surface area contributed by atoms with Crippen LogP contribution in [0.15, 0.2) is 200 Å². The number of rotatable bonds is 6. The maximum absolute atomic E-state index is 5.29. The summed E-state index contributed by atoms with van der Waals surface area (Å²) in [5.41, 5.74) is 18.3. The quantitative estimate of drug-likeness (QED) is 0.170. The number of hydrogen-bond acceptors (Lipinski definition) is 2. The van der Waals surface area contributed by atoms with Crippen molar-refractivity contribution in [2.45, 2.75) is 19.3 Å². The normalized spacial score (nSPS) is 12.8. The van der Waals surface area contributed by atoms with Gasteiger partial charge in [-0.1, -0.05) is 153 Å². The van der Waals surface area contributed by atoms with Crippen molar-refractivity contribution in [1.29, 1.82) is 0 Å². The van der Waals surface area contributed by atoms with E-state index in [4.69, 9.17) is 9.97 Å². The first kappa shape index (κ1) is 33.9. The van der Waals surface area contributed by atoms with Crippen LogP contribution in [0.3, 0.4) is 0 Å². The van der Waals surface area contributed by atoms with Gasteiger partial charge >= 0.3 is 0 Å². The molecule has 0 unspecified atom stereocenters. The smallest absolute Gasteiger partial charge is 0.160 e. The summed E-state index contributed by atoms with van der Waals surface area (Å²) >= 11 is 0. The van der Waals surface area contributed by atoms with Gasteiger partial charge < -0.3 is 4.57 Å². The first-order valence-corrected chi connectivity index (χ1v) is 20.0. The first-order chi connectivity index (χ1) is 28.5. The molecule has 0 bridgehead atoms. The summed E-state index contributed by atoms with van der Waals surface area (Å²) < 4.78 is 2.37. The van der Waals surface area contributed by atoms with Gasteiger partial charge in [0.25, 0.3) is 0 Å². The van der Waals surface area contributed by atoms with Crippen molar-refractivity contribution in [3.8, 4) is 73.0 Å². The number of nitrogens with zero attached hydrogens (tertiary/aromatic N) is 3. The Balaban J connectivity index is 1.14. The molecule has 0 saturated heterocycles. The highest BCUT2D eigenvalue weighted by Gasteiger charge is 2.35. The average molecular weight is 742 g/mol. The SMILES string of the molecule is CC1(C)c2ccccc2-c2ccc(-c3cc(-c4ccc5c(c4)c4ccccc4n5-c4ccccc4)cc(-c4cc(-c5ccccc5)nc(-c5ccccc5)n4)c3)cc21. The summed E-state index contributed by atoms with van der Waals surface area (Å²) in [5.74, 6) is 0.705. The summed E-state index contributed by atoms with van der Waals surface area (Å²) in [6.07, 6.45) is 0. The number of para-hydroxylation sites is 2. The predicted octanol–water partition coefficient (Wildman–Crippen LogP) is 14.2. The van der Waals surface area contributed by atoms with Gasteiger partial charge in [0.05, 0.1) is 22.4 Å². The van der Waals surface area contributed by atoms with Crippen molar-refractivity contribution in [2.24, 2.45) is 0 Å². The summed E-state index contributed by atoms with van der Waals surface area (Å²) in [4.78, 5) is 10.4. The molecule has 274 valence electrons. The Labute approximate surface area is 338 Å². The van der Waals surface area contributed by atoms with Gasteiger partial charge in [0.15, 0.2) is 5.82 Å². The van der Waals surface area contributed by atoms with E-state index >= 15 is 0 Å². The van der Waals surface area contributed by atoms with E-state index in [1.807, 2.05) is 24.3 Å². The molecule has 0 atom stereocenters. The van der Waals surface area contributed by atoms with Crippen molar-refractivity contribution in [3.63, 3.8) is 0 Å². The lowest BCUT2D eigenvalue weighted by Gasteiger charge is -2.22. The predicted molar refractivity (Wildman–Crippen MR) is 241 cm³/mol. The Bertz CT molecular complexity index is 3120. The van der Waals surface area contributed by atoms with Crippen LogP contribution in [0.5, 0.6) is 0 Å². The summed E-state index contributed by atoms with van der Waals surface area (Å²) in [6.45, 7) is 4.70. The third kappa shape index (κ3) is 5.58. The Kier molecular flexibility index (Phi) is 7.84. The van der Waals surface area contributed by atoms with Crippen molar-refractivity contribution in [3.05, 3.63) is 211 Å². The van der Waals surface area contributed by atoms with Gasteiger partial charge in [-0.15, -0.1) is 0 Å². The van der Waals surface area contributed by atoms with Gasteiger partial charge in [-0.25, -0.2) is 9.97 Å². The van der Waals surface area contributed by atoms with E-state index in [1.165, 1.54) is 49.6 Å². The molecule has 1 aliphatic rings. The highest BCUT2D eigenvalue weighted by Crippen LogP contribution is 2.50. The Morgan fingerprint density at radius 1 is 0.362 bits per heavy atom. The molecule has 1 aliphatic carbocycles. The fraction of sp³-hybridized carbons (Fsp3) is 0.0545. The average Bonchev–Trinajstić information content (AvgIpc) is 3.74. The van der Waals surface area contributed by atoms with Crippen LogP contribution in [0.2, 0.25) is 0 Å². The number of fused-ring (bicyclic) bond motifs is 6. The van der Waals surface area contributed by atoms with Crippen LogP contribution in [0.4, 0.5) is 0 Å². The second kappa shape index (κ2) is 13.4. The monoisotopic (exact) mass is 741 g/mol. The van der Waals surface area contributed by atoms with Gasteiger partial charge in [0.2, 0.25) is 0 Å². The van der Waals surface area contributed by atoms with Gasteiger partial charge in [0.1, 0.15) is 0 Å². The zero-order valence-electron chi connectivity index (χ0n) is 32.4. The van der Waals surface area contributed by atoms with E-state index in [0.29, 0.717) is 5.82 Å². The molecule has 11 rings (SSSR count). The van der Waals surface area contributed by atoms with E-state index < -0.39 is 0 Å². The lowest BCUT2D eigenvalue weighted by Crippen LogP contribution is -2.14. The Morgan fingerprint density at radius 3 is 1.67 bits per heavy atom. The molecule has 0 aliphatic heterocycles. The molecule has 0 spiro atoms. The molecule has 0 N–H and O–H groups in total. The van der Waals surface area contributed by atoms with Gasteiger partial charge in [-0.2, -0.15) is 0 Å². The minimum absolute atomic E-state index is 0.109. The van der Waals surface area contributed by atoms with E-state index in [-0.39, 0.29) is 5.41 Å². The number of hydrogen-bond donors (Lipinski definition) is 0. The fourth-order valence-electron chi connectivity index (χ4n) is 9.07. The zero-order chi connectivity index (χ0) is 38.8. The maximum Gasteiger partial charge on any atom is 0.160 e. The second-order valence-corrected chi connectivity index (χ2v) is 15.8. The maximum atomic E-state index is 5.29.